The monoisotopic (exact) mass is 326 g/mol. The lowest BCUT2D eigenvalue weighted by Gasteiger charge is -2.15. The Morgan fingerprint density at radius 1 is 1.08 bits per heavy atom. The van der Waals surface area contributed by atoms with Gasteiger partial charge in [-0.15, -0.1) is 0 Å². The van der Waals surface area contributed by atoms with Crippen molar-refractivity contribution < 1.29 is 14.3 Å². The van der Waals surface area contributed by atoms with Crippen LogP contribution in [-0.4, -0.2) is 17.9 Å². The third kappa shape index (κ3) is 4.84. The number of hydrazine groups is 1. The quantitative estimate of drug-likeness (QED) is 0.830. The molecule has 24 heavy (non-hydrogen) atoms. The number of ether oxygens (including phenoxy) is 1. The Balaban J connectivity index is 1.86. The average Bonchev–Trinajstić information content (AvgIpc) is 2.59. The van der Waals surface area contributed by atoms with Gasteiger partial charge in [0.1, 0.15) is 5.75 Å². The zero-order chi connectivity index (χ0) is 17.5. The van der Waals surface area contributed by atoms with Crippen LogP contribution in [0.4, 0.5) is 0 Å². The predicted octanol–water partition coefficient (Wildman–Crippen LogP) is 2.79. The van der Waals surface area contributed by atoms with Gasteiger partial charge in [0.05, 0.1) is 0 Å². The Hall–Kier alpha value is -2.82. The van der Waals surface area contributed by atoms with E-state index >= 15 is 0 Å². The van der Waals surface area contributed by atoms with Crippen LogP contribution in [0.2, 0.25) is 0 Å². The molecule has 0 saturated heterocycles. The van der Waals surface area contributed by atoms with Crippen LogP contribution in [0, 0.1) is 6.92 Å². The molecule has 126 valence electrons. The average molecular weight is 326 g/mol. The van der Waals surface area contributed by atoms with Crippen molar-refractivity contribution in [1.82, 2.24) is 10.9 Å². The number of aryl methyl sites for hydroxylation is 2. The summed E-state index contributed by atoms with van der Waals surface area (Å²) in [6.07, 6.45) is 0.182. The van der Waals surface area contributed by atoms with Crippen molar-refractivity contribution in [3.63, 3.8) is 0 Å². The molecule has 0 heterocycles. The molecule has 0 aromatic heterocycles. The van der Waals surface area contributed by atoms with Crippen LogP contribution < -0.4 is 15.6 Å². The molecule has 0 fully saturated rings. The highest BCUT2D eigenvalue weighted by atomic mass is 16.5. The molecule has 1 unspecified atom stereocenters. The summed E-state index contributed by atoms with van der Waals surface area (Å²) in [7, 11) is 0. The van der Waals surface area contributed by atoms with E-state index in [-0.39, 0.29) is 5.91 Å². The van der Waals surface area contributed by atoms with Crippen molar-refractivity contribution in [1.29, 1.82) is 0 Å². The molecule has 2 rings (SSSR count). The first-order valence-electron chi connectivity index (χ1n) is 7.92. The first kappa shape index (κ1) is 17.5. The molecule has 0 radical (unpaired) electrons. The smallest absolute Gasteiger partial charge is 0.279 e. The number of hydrogen-bond donors (Lipinski definition) is 2. The SMILES string of the molecule is CCc1ccc(C(=O)NNC(=O)C(C)Oc2cccc(C)c2)cc1. The van der Waals surface area contributed by atoms with Crippen LogP contribution >= 0.6 is 0 Å². The Bertz CT molecular complexity index is 711. The third-order valence-electron chi connectivity index (χ3n) is 3.60. The minimum absolute atomic E-state index is 0.367. The summed E-state index contributed by atoms with van der Waals surface area (Å²) < 4.78 is 5.56. The highest BCUT2D eigenvalue weighted by Crippen LogP contribution is 2.14. The second-order valence-corrected chi connectivity index (χ2v) is 5.57. The van der Waals surface area contributed by atoms with Crippen molar-refractivity contribution in [2.45, 2.75) is 33.3 Å². The molecule has 5 heteroatoms. The summed E-state index contributed by atoms with van der Waals surface area (Å²) in [6.45, 7) is 5.62. The standard InChI is InChI=1S/C19H22N2O3/c1-4-15-8-10-16(11-9-15)19(23)21-20-18(22)14(3)24-17-7-5-6-13(2)12-17/h5-12,14H,4H2,1-3H3,(H,20,22)(H,21,23). The summed E-state index contributed by atoms with van der Waals surface area (Å²) in [6, 6.07) is 14.7. The number of carbonyl (C=O) groups excluding carboxylic acids is 2. The molecule has 0 aliphatic rings. The maximum absolute atomic E-state index is 12.0. The topological polar surface area (TPSA) is 67.4 Å². The summed E-state index contributed by atoms with van der Waals surface area (Å²) in [5.74, 6) is -0.178. The fraction of sp³-hybridized carbons (Fsp3) is 0.263. The molecule has 0 aliphatic heterocycles. The molecular weight excluding hydrogens is 304 g/mol. The molecule has 0 bridgehead atoms. The van der Waals surface area contributed by atoms with Crippen molar-refractivity contribution in [2.75, 3.05) is 0 Å². The fourth-order valence-electron chi connectivity index (χ4n) is 2.13. The van der Waals surface area contributed by atoms with Gasteiger partial charge in [-0.1, -0.05) is 31.2 Å². The largest absolute Gasteiger partial charge is 0.481 e. The Kier molecular flexibility index (Phi) is 5.95. The lowest BCUT2D eigenvalue weighted by Crippen LogP contribution is -2.47. The van der Waals surface area contributed by atoms with Gasteiger partial charge in [0.2, 0.25) is 0 Å². The zero-order valence-electron chi connectivity index (χ0n) is 14.1. The molecule has 1 atom stereocenters. The van der Waals surface area contributed by atoms with Crippen LogP contribution in [0.5, 0.6) is 5.75 Å². The van der Waals surface area contributed by atoms with Crippen LogP contribution in [0.15, 0.2) is 48.5 Å². The lowest BCUT2D eigenvalue weighted by molar-refractivity contribution is -0.128. The van der Waals surface area contributed by atoms with E-state index in [1.807, 2.05) is 44.2 Å². The molecule has 0 saturated carbocycles. The van der Waals surface area contributed by atoms with Gasteiger partial charge in [-0.3, -0.25) is 20.4 Å². The second kappa shape index (κ2) is 8.15. The van der Waals surface area contributed by atoms with Gasteiger partial charge >= 0.3 is 0 Å². The van der Waals surface area contributed by atoms with Gasteiger partial charge in [-0.25, -0.2) is 0 Å². The lowest BCUT2D eigenvalue weighted by atomic mass is 10.1. The Morgan fingerprint density at radius 3 is 2.42 bits per heavy atom. The second-order valence-electron chi connectivity index (χ2n) is 5.57. The fourth-order valence-corrected chi connectivity index (χ4v) is 2.13. The van der Waals surface area contributed by atoms with Crippen LogP contribution in [0.25, 0.3) is 0 Å². The summed E-state index contributed by atoms with van der Waals surface area (Å²) in [4.78, 5) is 24.0. The van der Waals surface area contributed by atoms with Gasteiger partial charge in [-0.2, -0.15) is 0 Å². The molecule has 5 nitrogen and oxygen atoms in total. The molecule has 2 N–H and O–H groups in total. The normalized spacial score (nSPS) is 11.5. The zero-order valence-corrected chi connectivity index (χ0v) is 14.1. The van der Waals surface area contributed by atoms with E-state index in [0.717, 1.165) is 17.5 Å². The first-order chi connectivity index (χ1) is 11.5. The van der Waals surface area contributed by atoms with E-state index in [1.54, 1.807) is 25.1 Å². The first-order valence-corrected chi connectivity index (χ1v) is 7.92. The van der Waals surface area contributed by atoms with Crippen molar-refractivity contribution in [3.05, 3.63) is 65.2 Å². The van der Waals surface area contributed by atoms with Crippen molar-refractivity contribution in [2.24, 2.45) is 0 Å². The van der Waals surface area contributed by atoms with Gasteiger partial charge in [0.25, 0.3) is 11.8 Å². The molecule has 0 spiro atoms. The molecule has 2 aromatic rings. The predicted molar refractivity (Wildman–Crippen MR) is 92.7 cm³/mol. The minimum atomic E-state index is -0.727. The number of rotatable bonds is 5. The summed E-state index contributed by atoms with van der Waals surface area (Å²) in [5.41, 5.74) is 7.46. The molecular formula is C19H22N2O3. The van der Waals surface area contributed by atoms with Gasteiger partial charge < -0.3 is 4.74 Å². The van der Waals surface area contributed by atoms with E-state index in [2.05, 4.69) is 10.9 Å². The van der Waals surface area contributed by atoms with Crippen molar-refractivity contribution >= 4 is 11.8 Å². The van der Waals surface area contributed by atoms with E-state index in [0.29, 0.717) is 11.3 Å². The number of benzene rings is 2. The number of amides is 2. The Labute approximate surface area is 142 Å². The van der Waals surface area contributed by atoms with Gasteiger partial charge in [-0.05, 0) is 55.7 Å². The highest BCUT2D eigenvalue weighted by molar-refractivity contribution is 5.95. The van der Waals surface area contributed by atoms with Crippen LogP contribution in [-0.2, 0) is 11.2 Å². The van der Waals surface area contributed by atoms with E-state index in [4.69, 9.17) is 4.74 Å². The van der Waals surface area contributed by atoms with Crippen LogP contribution in [0.3, 0.4) is 0 Å². The molecule has 2 amide bonds. The van der Waals surface area contributed by atoms with E-state index in [9.17, 15) is 9.59 Å². The number of carbonyl (C=O) groups is 2. The number of hydrogen-bond acceptors (Lipinski definition) is 3. The van der Waals surface area contributed by atoms with Gasteiger partial charge in [0.15, 0.2) is 6.10 Å². The summed E-state index contributed by atoms with van der Waals surface area (Å²) >= 11 is 0. The molecule has 2 aromatic carbocycles. The van der Waals surface area contributed by atoms with Gasteiger partial charge in [0, 0.05) is 5.56 Å². The number of nitrogens with one attached hydrogen (secondary N) is 2. The maximum atomic E-state index is 12.0. The van der Waals surface area contributed by atoms with Crippen molar-refractivity contribution in [3.8, 4) is 5.75 Å². The van der Waals surface area contributed by atoms with E-state index in [1.165, 1.54) is 0 Å². The van der Waals surface area contributed by atoms with E-state index < -0.39 is 12.0 Å². The molecule has 0 aliphatic carbocycles. The maximum Gasteiger partial charge on any atom is 0.279 e. The Morgan fingerprint density at radius 2 is 1.79 bits per heavy atom. The highest BCUT2D eigenvalue weighted by Gasteiger charge is 2.16. The minimum Gasteiger partial charge on any atom is -0.481 e. The van der Waals surface area contributed by atoms with Crippen LogP contribution in [0.1, 0.15) is 35.3 Å². The third-order valence-corrected chi connectivity index (χ3v) is 3.60. The summed E-state index contributed by atoms with van der Waals surface area (Å²) in [5, 5.41) is 0.